The molecule has 2 rings (SSSR count). The van der Waals surface area contributed by atoms with Gasteiger partial charge in [-0.3, -0.25) is 20.4 Å². The standard InChI is InChI=1S/C16H13F3N2O4/c17-12-6-1-2-7-13(12)24-9-14(22)20-21-15(23)10-4-3-5-11(8-10)25-16(18)19/h1-8,16H,9H2,(H,20,22)(H,21,23). The summed E-state index contributed by atoms with van der Waals surface area (Å²) < 4.78 is 46.7. The van der Waals surface area contributed by atoms with Crippen LogP contribution in [0.5, 0.6) is 11.5 Å². The minimum absolute atomic E-state index is 0.00604. The molecule has 0 saturated carbocycles. The van der Waals surface area contributed by atoms with E-state index in [0.29, 0.717) is 0 Å². The van der Waals surface area contributed by atoms with Gasteiger partial charge in [-0.1, -0.05) is 18.2 Å². The molecule has 2 aromatic carbocycles. The zero-order chi connectivity index (χ0) is 18.2. The molecule has 0 unspecified atom stereocenters. The Bertz CT molecular complexity index is 756. The lowest BCUT2D eigenvalue weighted by molar-refractivity contribution is -0.123. The number of ether oxygens (including phenoxy) is 2. The summed E-state index contributed by atoms with van der Waals surface area (Å²) in [7, 11) is 0. The van der Waals surface area contributed by atoms with Crippen molar-refractivity contribution in [2.24, 2.45) is 0 Å². The van der Waals surface area contributed by atoms with E-state index in [9.17, 15) is 22.8 Å². The van der Waals surface area contributed by atoms with Crippen LogP contribution in [0.3, 0.4) is 0 Å². The summed E-state index contributed by atoms with van der Waals surface area (Å²) in [6.07, 6.45) is 0. The van der Waals surface area contributed by atoms with Gasteiger partial charge in [-0.15, -0.1) is 0 Å². The van der Waals surface area contributed by atoms with Crippen molar-refractivity contribution in [2.45, 2.75) is 6.61 Å². The van der Waals surface area contributed by atoms with Crippen molar-refractivity contribution in [3.63, 3.8) is 0 Å². The second-order valence-electron chi connectivity index (χ2n) is 4.63. The number of hydrogen-bond donors (Lipinski definition) is 2. The normalized spacial score (nSPS) is 10.2. The summed E-state index contributed by atoms with van der Waals surface area (Å²) in [5.74, 6) is -2.43. The van der Waals surface area contributed by atoms with Gasteiger partial charge in [-0.25, -0.2) is 4.39 Å². The highest BCUT2D eigenvalue weighted by atomic mass is 19.3. The van der Waals surface area contributed by atoms with E-state index < -0.39 is 30.8 Å². The van der Waals surface area contributed by atoms with Crippen LogP contribution in [0.25, 0.3) is 0 Å². The fourth-order valence-corrected chi connectivity index (χ4v) is 1.75. The van der Waals surface area contributed by atoms with Crippen LogP contribution in [-0.2, 0) is 4.79 Å². The molecule has 132 valence electrons. The smallest absolute Gasteiger partial charge is 0.387 e. The molecular formula is C16H13F3N2O4. The van der Waals surface area contributed by atoms with Gasteiger partial charge < -0.3 is 9.47 Å². The molecule has 0 radical (unpaired) electrons. The third kappa shape index (κ3) is 5.72. The van der Waals surface area contributed by atoms with Crippen molar-refractivity contribution in [2.75, 3.05) is 6.61 Å². The largest absolute Gasteiger partial charge is 0.481 e. The molecule has 0 atom stereocenters. The first-order chi connectivity index (χ1) is 12.0. The van der Waals surface area contributed by atoms with Crippen LogP contribution in [0.1, 0.15) is 10.4 Å². The molecule has 0 saturated heterocycles. The maximum atomic E-state index is 13.3. The molecule has 0 aromatic heterocycles. The molecule has 0 aliphatic heterocycles. The average molecular weight is 354 g/mol. The molecule has 25 heavy (non-hydrogen) atoms. The molecule has 2 N–H and O–H groups in total. The van der Waals surface area contributed by atoms with E-state index >= 15 is 0 Å². The number of halogens is 3. The van der Waals surface area contributed by atoms with Gasteiger partial charge in [-0.2, -0.15) is 8.78 Å². The fourth-order valence-electron chi connectivity index (χ4n) is 1.75. The van der Waals surface area contributed by atoms with E-state index in [1.807, 2.05) is 0 Å². The topological polar surface area (TPSA) is 76.7 Å². The summed E-state index contributed by atoms with van der Waals surface area (Å²) in [6.45, 7) is -3.55. The molecule has 0 spiro atoms. The molecule has 0 aliphatic carbocycles. The maximum absolute atomic E-state index is 13.3. The maximum Gasteiger partial charge on any atom is 0.387 e. The van der Waals surface area contributed by atoms with Crippen LogP contribution >= 0.6 is 0 Å². The minimum Gasteiger partial charge on any atom is -0.481 e. The molecule has 6 nitrogen and oxygen atoms in total. The number of nitrogens with one attached hydrogen (secondary N) is 2. The minimum atomic E-state index is -3.02. The molecule has 0 fully saturated rings. The van der Waals surface area contributed by atoms with Gasteiger partial charge in [0, 0.05) is 5.56 Å². The van der Waals surface area contributed by atoms with Gasteiger partial charge in [0.25, 0.3) is 11.8 Å². The Labute approximate surface area is 140 Å². The van der Waals surface area contributed by atoms with Crippen LogP contribution in [0.4, 0.5) is 13.2 Å². The Balaban J connectivity index is 1.83. The molecule has 0 bridgehead atoms. The van der Waals surface area contributed by atoms with E-state index in [0.717, 1.165) is 6.07 Å². The number of para-hydroxylation sites is 1. The first-order valence-corrected chi connectivity index (χ1v) is 6.97. The second kappa shape index (κ2) is 8.57. The number of alkyl halides is 2. The van der Waals surface area contributed by atoms with Crippen molar-refractivity contribution in [3.8, 4) is 11.5 Å². The first kappa shape index (κ1) is 18.1. The third-order valence-corrected chi connectivity index (χ3v) is 2.83. The molecule has 9 heteroatoms. The van der Waals surface area contributed by atoms with E-state index in [1.54, 1.807) is 0 Å². The highest BCUT2D eigenvalue weighted by molar-refractivity contribution is 5.95. The van der Waals surface area contributed by atoms with Gasteiger partial charge in [0.1, 0.15) is 5.75 Å². The number of carbonyl (C=O) groups excluding carboxylic acids is 2. The van der Waals surface area contributed by atoms with Crippen molar-refractivity contribution >= 4 is 11.8 Å². The summed E-state index contributed by atoms with van der Waals surface area (Å²) in [4.78, 5) is 23.4. The molecular weight excluding hydrogens is 341 g/mol. The Morgan fingerprint density at radius 1 is 1.04 bits per heavy atom. The zero-order valence-corrected chi connectivity index (χ0v) is 12.7. The van der Waals surface area contributed by atoms with E-state index in [1.165, 1.54) is 42.5 Å². The predicted molar refractivity (Wildman–Crippen MR) is 80.6 cm³/mol. The van der Waals surface area contributed by atoms with Gasteiger partial charge >= 0.3 is 6.61 Å². The quantitative estimate of drug-likeness (QED) is 0.781. The fraction of sp³-hybridized carbons (Fsp3) is 0.125. The Morgan fingerprint density at radius 3 is 2.52 bits per heavy atom. The number of amides is 2. The number of carbonyl (C=O) groups is 2. The highest BCUT2D eigenvalue weighted by Gasteiger charge is 2.11. The number of hydrazine groups is 1. The van der Waals surface area contributed by atoms with E-state index in [2.05, 4.69) is 15.6 Å². The predicted octanol–water partition coefficient (Wildman–Crippen LogP) is 2.27. The molecule has 2 aromatic rings. The molecule has 0 heterocycles. The SMILES string of the molecule is O=C(COc1ccccc1F)NNC(=O)c1cccc(OC(F)F)c1. The number of benzene rings is 2. The third-order valence-electron chi connectivity index (χ3n) is 2.83. The van der Waals surface area contributed by atoms with Crippen LogP contribution < -0.4 is 20.3 Å². The van der Waals surface area contributed by atoms with Crippen molar-refractivity contribution in [3.05, 3.63) is 59.9 Å². The second-order valence-corrected chi connectivity index (χ2v) is 4.63. The Morgan fingerprint density at radius 2 is 1.80 bits per heavy atom. The average Bonchev–Trinajstić information content (AvgIpc) is 2.58. The van der Waals surface area contributed by atoms with Gasteiger partial charge in [0.05, 0.1) is 0 Å². The lowest BCUT2D eigenvalue weighted by atomic mass is 10.2. The van der Waals surface area contributed by atoms with Crippen molar-refractivity contribution in [1.82, 2.24) is 10.9 Å². The zero-order valence-electron chi connectivity index (χ0n) is 12.7. The lowest BCUT2D eigenvalue weighted by Crippen LogP contribution is -2.43. The van der Waals surface area contributed by atoms with Crippen LogP contribution in [-0.4, -0.2) is 25.0 Å². The summed E-state index contributed by atoms with van der Waals surface area (Å²) in [5, 5.41) is 0. The molecule has 0 aliphatic rings. The Kier molecular flexibility index (Phi) is 6.21. The van der Waals surface area contributed by atoms with Crippen molar-refractivity contribution < 1.29 is 32.2 Å². The van der Waals surface area contributed by atoms with Crippen LogP contribution in [0.2, 0.25) is 0 Å². The summed E-state index contributed by atoms with van der Waals surface area (Å²) in [5.41, 5.74) is 4.12. The van der Waals surface area contributed by atoms with E-state index in [4.69, 9.17) is 4.74 Å². The van der Waals surface area contributed by atoms with Gasteiger partial charge in [-0.05, 0) is 30.3 Å². The summed E-state index contributed by atoms with van der Waals surface area (Å²) in [6, 6.07) is 10.5. The Hall–Kier alpha value is -3.23. The van der Waals surface area contributed by atoms with Crippen LogP contribution in [0.15, 0.2) is 48.5 Å². The van der Waals surface area contributed by atoms with Crippen LogP contribution in [0, 0.1) is 5.82 Å². The number of hydrogen-bond acceptors (Lipinski definition) is 4. The first-order valence-electron chi connectivity index (χ1n) is 6.97. The van der Waals surface area contributed by atoms with Gasteiger partial charge in [0.2, 0.25) is 0 Å². The summed E-state index contributed by atoms with van der Waals surface area (Å²) >= 11 is 0. The van der Waals surface area contributed by atoms with Gasteiger partial charge in [0.15, 0.2) is 18.2 Å². The monoisotopic (exact) mass is 354 g/mol. The lowest BCUT2D eigenvalue weighted by Gasteiger charge is -2.10. The van der Waals surface area contributed by atoms with E-state index in [-0.39, 0.29) is 17.1 Å². The van der Waals surface area contributed by atoms with Crippen molar-refractivity contribution in [1.29, 1.82) is 0 Å². The molecule has 2 amide bonds. The highest BCUT2D eigenvalue weighted by Crippen LogP contribution is 2.16. The number of rotatable bonds is 6.